The highest BCUT2D eigenvalue weighted by Gasteiger charge is 2.30. The number of nitro benzene ring substituents is 1. The Labute approximate surface area is 180 Å². The summed E-state index contributed by atoms with van der Waals surface area (Å²) in [5.41, 5.74) is -0.432. The predicted octanol–water partition coefficient (Wildman–Crippen LogP) is 4.86. The molecule has 32 heavy (non-hydrogen) atoms. The Morgan fingerprint density at radius 1 is 1.22 bits per heavy atom. The quantitative estimate of drug-likeness (QED) is 0.411. The van der Waals surface area contributed by atoms with Crippen LogP contribution in [0.1, 0.15) is 34.1 Å². The Hall–Kier alpha value is -3.89. The van der Waals surface area contributed by atoms with Crippen LogP contribution in [0.15, 0.2) is 48.5 Å². The number of carbonyl (C=O) groups excluding carboxylic acids is 1. The van der Waals surface area contributed by atoms with E-state index in [4.69, 9.17) is 4.74 Å². The van der Waals surface area contributed by atoms with Crippen LogP contribution in [0.4, 0.5) is 18.9 Å². The van der Waals surface area contributed by atoms with Crippen molar-refractivity contribution in [3.8, 4) is 11.6 Å². The molecule has 0 unspecified atom stereocenters. The lowest BCUT2D eigenvalue weighted by atomic mass is 10.1. The first-order chi connectivity index (χ1) is 15.1. The van der Waals surface area contributed by atoms with E-state index in [9.17, 15) is 28.1 Å². The summed E-state index contributed by atoms with van der Waals surface area (Å²) in [5, 5.41) is 18.0. The Kier molecular flexibility index (Phi) is 6.47. The predicted molar refractivity (Wildman–Crippen MR) is 108 cm³/mol. The van der Waals surface area contributed by atoms with Gasteiger partial charge in [-0.2, -0.15) is 18.3 Å². The molecule has 0 bridgehead atoms. The number of ether oxygens (including phenoxy) is 1. The third-order valence-electron chi connectivity index (χ3n) is 4.62. The minimum absolute atomic E-state index is 0.00686. The molecule has 0 aliphatic rings. The van der Waals surface area contributed by atoms with Crippen molar-refractivity contribution in [1.82, 2.24) is 15.1 Å². The Balaban J connectivity index is 1.82. The van der Waals surface area contributed by atoms with Gasteiger partial charge in [-0.25, -0.2) is 4.68 Å². The zero-order valence-electron chi connectivity index (χ0n) is 17.1. The smallest absolute Gasteiger partial charge is 0.416 e. The topological polar surface area (TPSA) is 99.3 Å². The van der Waals surface area contributed by atoms with Gasteiger partial charge in [-0.1, -0.05) is 24.3 Å². The molecule has 0 radical (unpaired) electrons. The number of nitrogens with zero attached hydrogens (tertiary/aromatic N) is 3. The molecular weight excluding hydrogens is 429 g/mol. The monoisotopic (exact) mass is 448 g/mol. The number of aromatic nitrogens is 2. The van der Waals surface area contributed by atoms with Gasteiger partial charge < -0.3 is 10.1 Å². The first-order valence-electron chi connectivity index (χ1n) is 9.54. The molecule has 0 aliphatic heterocycles. The van der Waals surface area contributed by atoms with Crippen LogP contribution in [0.25, 0.3) is 0 Å². The first kappa shape index (κ1) is 22.8. The Bertz CT molecular complexity index is 1160. The van der Waals surface area contributed by atoms with E-state index < -0.39 is 22.6 Å². The lowest BCUT2D eigenvalue weighted by Gasteiger charge is -2.09. The Morgan fingerprint density at radius 2 is 1.94 bits per heavy atom. The summed E-state index contributed by atoms with van der Waals surface area (Å²) in [4.78, 5) is 23.3. The summed E-state index contributed by atoms with van der Waals surface area (Å²) in [6.45, 7) is 3.50. The molecule has 0 saturated carbocycles. The number of nitro groups is 1. The van der Waals surface area contributed by atoms with Crippen molar-refractivity contribution >= 4 is 11.6 Å². The number of halogens is 3. The van der Waals surface area contributed by atoms with E-state index in [1.54, 1.807) is 19.9 Å². The number of alkyl halides is 3. The van der Waals surface area contributed by atoms with Crippen molar-refractivity contribution in [2.24, 2.45) is 0 Å². The van der Waals surface area contributed by atoms with E-state index in [2.05, 4.69) is 10.4 Å². The molecule has 0 atom stereocenters. The Morgan fingerprint density at radius 3 is 2.59 bits per heavy atom. The maximum absolute atomic E-state index is 12.9. The molecule has 3 aromatic rings. The number of rotatable bonds is 7. The highest BCUT2D eigenvalue weighted by atomic mass is 19.4. The molecule has 0 spiro atoms. The number of para-hydroxylation sites is 2. The van der Waals surface area contributed by atoms with Gasteiger partial charge in [0.15, 0.2) is 5.69 Å². The van der Waals surface area contributed by atoms with Crippen molar-refractivity contribution in [2.75, 3.05) is 0 Å². The normalized spacial score (nSPS) is 11.3. The third kappa shape index (κ3) is 4.88. The SMILES string of the molecule is CCn1nc(C(=O)NCc2cccc(C(F)(F)F)c2)c(C)c1Oc1ccccc1[N+](=O)[O-]. The van der Waals surface area contributed by atoms with Gasteiger partial charge in [0.2, 0.25) is 11.6 Å². The van der Waals surface area contributed by atoms with Crippen LogP contribution in [0.2, 0.25) is 0 Å². The highest BCUT2D eigenvalue weighted by Crippen LogP contribution is 2.34. The number of carbonyl (C=O) groups is 1. The average molecular weight is 448 g/mol. The van der Waals surface area contributed by atoms with E-state index in [-0.39, 0.29) is 35.1 Å². The van der Waals surface area contributed by atoms with Crippen LogP contribution >= 0.6 is 0 Å². The van der Waals surface area contributed by atoms with Gasteiger partial charge in [-0.15, -0.1) is 0 Å². The van der Waals surface area contributed by atoms with Crippen LogP contribution in [0, 0.1) is 17.0 Å². The van der Waals surface area contributed by atoms with Crippen molar-refractivity contribution in [3.63, 3.8) is 0 Å². The van der Waals surface area contributed by atoms with Gasteiger partial charge in [-0.05, 0) is 37.6 Å². The number of aryl methyl sites for hydroxylation is 1. The minimum Gasteiger partial charge on any atom is -0.432 e. The summed E-state index contributed by atoms with van der Waals surface area (Å²) in [6.07, 6.45) is -4.48. The van der Waals surface area contributed by atoms with Gasteiger partial charge in [0.25, 0.3) is 5.91 Å². The van der Waals surface area contributed by atoms with Crippen LogP contribution in [0.5, 0.6) is 11.6 Å². The molecule has 0 fully saturated rings. The molecule has 1 N–H and O–H groups in total. The largest absolute Gasteiger partial charge is 0.432 e. The molecular formula is C21H19F3N4O4. The lowest BCUT2D eigenvalue weighted by molar-refractivity contribution is -0.385. The second-order valence-electron chi connectivity index (χ2n) is 6.80. The van der Waals surface area contributed by atoms with Crippen molar-refractivity contribution in [1.29, 1.82) is 0 Å². The first-order valence-corrected chi connectivity index (χ1v) is 9.54. The van der Waals surface area contributed by atoms with Gasteiger partial charge in [0, 0.05) is 24.7 Å². The highest BCUT2D eigenvalue weighted by molar-refractivity contribution is 5.94. The zero-order chi connectivity index (χ0) is 23.5. The summed E-state index contributed by atoms with van der Waals surface area (Å²) < 4.78 is 45.7. The fourth-order valence-corrected chi connectivity index (χ4v) is 3.02. The van der Waals surface area contributed by atoms with Gasteiger partial charge in [0.1, 0.15) is 0 Å². The second-order valence-corrected chi connectivity index (χ2v) is 6.80. The van der Waals surface area contributed by atoms with Crippen LogP contribution in [-0.4, -0.2) is 20.6 Å². The average Bonchev–Trinajstić information content (AvgIpc) is 3.07. The number of amides is 1. The molecule has 2 aromatic carbocycles. The van der Waals surface area contributed by atoms with E-state index >= 15 is 0 Å². The van der Waals surface area contributed by atoms with Gasteiger partial charge in [-0.3, -0.25) is 14.9 Å². The lowest BCUT2D eigenvalue weighted by Crippen LogP contribution is -2.24. The number of hydrogen-bond donors (Lipinski definition) is 1. The zero-order valence-corrected chi connectivity index (χ0v) is 17.1. The summed E-state index contributed by atoms with van der Waals surface area (Å²) >= 11 is 0. The van der Waals surface area contributed by atoms with E-state index in [0.717, 1.165) is 12.1 Å². The van der Waals surface area contributed by atoms with E-state index in [1.165, 1.54) is 35.0 Å². The second kappa shape index (κ2) is 9.08. The molecule has 3 rings (SSSR count). The van der Waals surface area contributed by atoms with E-state index in [0.29, 0.717) is 12.1 Å². The third-order valence-corrected chi connectivity index (χ3v) is 4.62. The summed E-state index contributed by atoms with van der Waals surface area (Å²) in [6, 6.07) is 10.4. The fraction of sp³-hybridized carbons (Fsp3) is 0.238. The minimum atomic E-state index is -4.48. The summed E-state index contributed by atoms with van der Waals surface area (Å²) in [7, 11) is 0. The molecule has 0 saturated heterocycles. The van der Waals surface area contributed by atoms with Gasteiger partial charge in [0.05, 0.1) is 10.5 Å². The van der Waals surface area contributed by atoms with Crippen LogP contribution < -0.4 is 10.1 Å². The molecule has 168 valence electrons. The number of nitrogens with one attached hydrogen (secondary N) is 1. The number of benzene rings is 2. The van der Waals surface area contributed by atoms with Crippen molar-refractivity contribution in [3.05, 3.63) is 81.0 Å². The molecule has 8 nitrogen and oxygen atoms in total. The number of hydrogen-bond acceptors (Lipinski definition) is 5. The van der Waals surface area contributed by atoms with Crippen LogP contribution in [0.3, 0.4) is 0 Å². The molecule has 1 aromatic heterocycles. The molecule has 11 heteroatoms. The van der Waals surface area contributed by atoms with Crippen molar-refractivity contribution < 1.29 is 27.6 Å². The fourth-order valence-electron chi connectivity index (χ4n) is 3.02. The maximum atomic E-state index is 12.9. The van der Waals surface area contributed by atoms with Gasteiger partial charge >= 0.3 is 11.9 Å². The molecule has 1 heterocycles. The summed E-state index contributed by atoms with van der Waals surface area (Å²) in [5.74, 6) is -0.461. The molecule has 0 aliphatic carbocycles. The molecule has 1 amide bonds. The van der Waals surface area contributed by atoms with E-state index in [1.807, 2.05) is 0 Å². The standard InChI is InChI=1S/C21H19F3N4O4/c1-3-27-20(32-17-10-5-4-9-16(17)28(30)31)13(2)18(26-27)19(29)25-12-14-7-6-8-15(11-14)21(22,23)24/h4-11H,3,12H2,1-2H3,(H,25,29). The van der Waals surface area contributed by atoms with Crippen LogP contribution in [-0.2, 0) is 19.3 Å². The maximum Gasteiger partial charge on any atom is 0.416 e. The van der Waals surface area contributed by atoms with Crippen molar-refractivity contribution in [2.45, 2.75) is 33.1 Å².